The highest BCUT2D eigenvalue weighted by atomic mass is 127. The zero-order valence-corrected chi connectivity index (χ0v) is 18.8. The second-order valence-electron chi connectivity index (χ2n) is 4.61. The highest BCUT2D eigenvalue weighted by molar-refractivity contribution is 14.1. The van der Waals surface area contributed by atoms with Crippen LogP contribution in [0.3, 0.4) is 0 Å². The summed E-state index contributed by atoms with van der Waals surface area (Å²) in [5.41, 5.74) is 3.07. The molecule has 0 aromatic heterocycles. The number of ether oxygens (including phenoxy) is 1. The summed E-state index contributed by atoms with van der Waals surface area (Å²) in [5, 5.41) is 14.4. The molecule has 132 valence electrons. The van der Waals surface area contributed by atoms with Crippen molar-refractivity contribution in [2.45, 2.75) is 0 Å². The quantitative estimate of drug-likeness (QED) is 0.211. The highest BCUT2D eigenvalue weighted by Crippen LogP contribution is 2.33. The number of carbonyl (C=O) groups excluding carboxylic acids is 1. The van der Waals surface area contributed by atoms with Gasteiger partial charge in [0.25, 0.3) is 5.91 Å². The third-order valence-corrected chi connectivity index (χ3v) is 5.44. The second kappa shape index (κ2) is 9.45. The summed E-state index contributed by atoms with van der Waals surface area (Å²) in [7, 11) is 0. The zero-order chi connectivity index (χ0) is 18.6. The van der Waals surface area contributed by atoms with E-state index in [9.17, 15) is 9.90 Å². The van der Waals surface area contributed by atoms with Gasteiger partial charge in [-0.2, -0.15) is 5.10 Å². The Labute approximate surface area is 186 Å². The van der Waals surface area contributed by atoms with Crippen LogP contribution in [0.5, 0.6) is 11.5 Å². The minimum Gasteiger partial charge on any atom is -0.506 e. The van der Waals surface area contributed by atoms with Crippen molar-refractivity contribution in [2.24, 2.45) is 5.10 Å². The summed E-state index contributed by atoms with van der Waals surface area (Å²) < 4.78 is 6.67. The van der Waals surface area contributed by atoms with E-state index in [1.54, 1.807) is 12.1 Å². The van der Waals surface area contributed by atoms with Gasteiger partial charge in [0.1, 0.15) is 11.5 Å². The number of amides is 1. The minimum absolute atomic E-state index is 0.217. The van der Waals surface area contributed by atoms with Crippen LogP contribution in [0.15, 0.2) is 29.4 Å². The average Bonchev–Trinajstić information content (AvgIpc) is 2.54. The van der Waals surface area contributed by atoms with E-state index in [1.807, 2.05) is 45.2 Å². The summed E-state index contributed by atoms with van der Waals surface area (Å²) in [6.07, 6.45) is 1.47. The Hall–Kier alpha value is -0.490. The van der Waals surface area contributed by atoms with E-state index in [2.05, 4.69) is 10.5 Å². The molecule has 0 aliphatic heterocycles. The SMILES string of the molecule is O=C(COc1cc(Cl)c(Cl)cc1Cl)N/N=C/c1cc(I)c(O)c(I)c1. The molecule has 0 radical (unpaired) electrons. The fourth-order valence-corrected chi connectivity index (χ4v) is 4.04. The van der Waals surface area contributed by atoms with Crippen LogP contribution >= 0.6 is 80.0 Å². The molecule has 0 saturated heterocycles. The van der Waals surface area contributed by atoms with Gasteiger partial charge in [-0.15, -0.1) is 0 Å². The predicted molar refractivity (Wildman–Crippen MR) is 116 cm³/mol. The van der Waals surface area contributed by atoms with Crippen molar-refractivity contribution < 1.29 is 14.6 Å². The largest absolute Gasteiger partial charge is 0.506 e. The lowest BCUT2D eigenvalue weighted by Crippen LogP contribution is -2.24. The molecular weight excluding hydrogens is 616 g/mol. The number of rotatable bonds is 5. The lowest BCUT2D eigenvalue weighted by molar-refractivity contribution is -0.123. The average molecular weight is 625 g/mol. The van der Waals surface area contributed by atoms with Gasteiger partial charge in [-0.25, -0.2) is 5.43 Å². The highest BCUT2D eigenvalue weighted by Gasteiger charge is 2.09. The molecule has 1 amide bonds. The van der Waals surface area contributed by atoms with Gasteiger partial charge in [-0.1, -0.05) is 34.8 Å². The fraction of sp³-hybridized carbons (Fsp3) is 0.0667. The van der Waals surface area contributed by atoms with Gasteiger partial charge in [0, 0.05) is 6.07 Å². The Bertz CT molecular complexity index is 824. The Morgan fingerprint density at radius 2 is 1.72 bits per heavy atom. The normalized spacial score (nSPS) is 10.9. The third kappa shape index (κ3) is 6.02. The first-order valence-electron chi connectivity index (χ1n) is 6.55. The Kier molecular flexibility index (Phi) is 7.87. The number of hydrogen-bond acceptors (Lipinski definition) is 4. The molecule has 0 aliphatic carbocycles. The molecule has 10 heteroatoms. The lowest BCUT2D eigenvalue weighted by atomic mass is 10.2. The summed E-state index contributed by atoms with van der Waals surface area (Å²) >= 11 is 21.7. The van der Waals surface area contributed by atoms with Crippen molar-refractivity contribution in [1.82, 2.24) is 5.43 Å². The van der Waals surface area contributed by atoms with Crippen LogP contribution in [0, 0.1) is 7.14 Å². The number of carbonyl (C=O) groups is 1. The molecule has 2 aromatic carbocycles. The van der Waals surface area contributed by atoms with Gasteiger partial charge >= 0.3 is 0 Å². The number of aromatic hydroxyl groups is 1. The number of phenolic OH excluding ortho intramolecular Hbond substituents is 1. The van der Waals surface area contributed by atoms with Crippen molar-refractivity contribution in [2.75, 3.05) is 6.61 Å². The number of benzene rings is 2. The van der Waals surface area contributed by atoms with Crippen LogP contribution in [0.4, 0.5) is 0 Å². The van der Waals surface area contributed by atoms with Gasteiger partial charge < -0.3 is 9.84 Å². The van der Waals surface area contributed by atoms with E-state index in [0.717, 1.165) is 5.56 Å². The maximum atomic E-state index is 11.8. The standard InChI is InChI=1S/C15H9Cl3I2N2O3/c16-8-3-10(18)13(4-9(8)17)25-6-14(23)22-21-5-7-1-11(19)15(24)12(20)2-7/h1-5,24H,6H2,(H,22,23)/b21-5+. The first kappa shape index (κ1) is 20.8. The Balaban J connectivity index is 1.92. The number of halogens is 5. The fourth-order valence-electron chi connectivity index (χ4n) is 1.63. The molecule has 0 bridgehead atoms. The monoisotopic (exact) mass is 624 g/mol. The van der Waals surface area contributed by atoms with Crippen LogP contribution in [0.25, 0.3) is 0 Å². The zero-order valence-electron chi connectivity index (χ0n) is 12.2. The van der Waals surface area contributed by atoms with E-state index in [4.69, 9.17) is 39.5 Å². The summed E-state index contributed by atoms with van der Waals surface area (Å²) in [6.45, 7) is -0.292. The molecule has 0 aliphatic rings. The summed E-state index contributed by atoms with van der Waals surface area (Å²) in [6, 6.07) is 6.34. The predicted octanol–water partition coefficient (Wildman–Crippen LogP) is 5.09. The molecule has 0 spiro atoms. The molecule has 0 heterocycles. The third-order valence-electron chi connectivity index (χ3n) is 2.78. The van der Waals surface area contributed by atoms with Crippen LogP contribution in [-0.2, 0) is 4.79 Å². The molecule has 0 fully saturated rings. The molecule has 0 atom stereocenters. The smallest absolute Gasteiger partial charge is 0.277 e. The van der Waals surface area contributed by atoms with Gasteiger partial charge in [-0.3, -0.25) is 4.79 Å². The Morgan fingerprint density at radius 1 is 1.12 bits per heavy atom. The van der Waals surface area contributed by atoms with Crippen molar-refractivity contribution in [3.8, 4) is 11.5 Å². The number of hydrazone groups is 1. The molecule has 0 unspecified atom stereocenters. The van der Waals surface area contributed by atoms with Crippen molar-refractivity contribution in [3.05, 3.63) is 52.0 Å². The van der Waals surface area contributed by atoms with Crippen LogP contribution in [-0.4, -0.2) is 23.8 Å². The van der Waals surface area contributed by atoms with E-state index < -0.39 is 5.91 Å². The van der Waals surface area contributed by atoms with Gasteiger partial charge in [-0.05, 0) is 68.9 Å². The van der Waals surface area contributed by atoms with Gasteiger partial charge in [0.05, 0.1) is 28.4 Å². The van der Waals surface area contributed by atoms with E-state index in [-0.39, 0.29) is 28.2 Å². The van der Waals surface area contributed by atoms with Gasteiger partial charge in [0.2, 0.25) is 0 Å². The molecule has 2 aromatic rings. The summed E-state index contributed by atoms with van der Waals surface area (Å²) in [4.78, 5) is 11.8. The second-order valence-corrected chi connectivity index (χ2v) is 8.16. The van der Waals surface area contributed by atoms with Crippen molar-refractivity contribution in [3.63, 3.8) is 0 Å². The topological polar surface area (TPSA) is 70.9 Å². The molecular formula is C15H9Cl3I2N2O3. The van der Waals surface area contributed by atoms with Crippen molar-refractivity contribution >= 4 is 92.1 Å². The van der Waals surface area contributed by atoms with E-state index in [0.29, 0.717) is 12.2 Å². The van der Waals surface area contributed by atoms with Crippen molar-refractivity contribution in [1.29, 1.82) is 0 Å². The first-order chi connectivity index (χ1) is 11.8. The maximum Gasteiger partial charge on any atom is 0.277 e. The van der Waals surface area contributed by atoms with E-state index >= 15 is 0 Å². The molecule has 0 saturated carbocycles. The molecule has 5 nitrogen and oxygen atoms in total. The number of nitrogens with one attached hydrogen (secondary N) is 1. The number of hydrogen-bond donors (Lipinski definition) is 2. The number of nitrogens with zero attached hydrogens (tertiary/aromatic N) is 1. The molecule has 25 heavy (non-hydrogen) atoms. The van der Waals surface area contributed by atoms with Crippen LogP contribution in [0.2, 0.25) is 15.1 Å². The summed E-state index contributed by atoms with van der Waals surface area (Å²) in [5.74, 6) is -0.00584. The number of phenols is 1. The van der Waals surface area contributed by atoms with Crippen LogP contribution < -0.4 is 10.2 Å². The Morgan fingerprint density at radius 3 is 2.36 bits per heavy atom. The minimum atomic E-state index is -0.471. The maximum absolute atomic E-state index is 11.8. The molecule has 2 N–H and O–H groups in total. The lowest BCUT2D eigenvalue weighted by Gasteiger charge is -2.08. The van der Waals surface area contributed by atoms with E-state index in [1.165, 1.54) is 18.3 Å². The first-order valence-corrected chi connectivity index (χ1v) is 9.84. The van der Waals surface area contributed by atoms with Crippen LogP contribution in [0.1, 0.15) is 5.56 Å². The van der Waals surface area contributed by atoms with Gasteiger partial charge in [0.15, 0.2) is 6.61 Å². The molecule has 2 rings (SSSR count).